The molecule has 0 amide bonds. The molecule has 2 aliphatic rings. The molecule has 1 atom stereocenters. The number of hydrogen-bond acceptors (Lipinski definition) is 2. The van der Waals surface area contributed by atoms with Crippen molar-refractivity contribution in [3.63, 3.8) is 0 Å². The second-order valence-corrected chi connectivity index (χ2v) is 15.5. The summed E-state index contributed by atoms with van der Waals surface area (Å²) in [4.78, 5) is 7.61. The zero-order valence-electron chi connectivity index (χ0n) is 32.1. The molecule has 9 aromatic rings. The summed E-state index contributed by atoms with van der Waals surface area (Å²) >= 11 is 0. The third-order valence-corrected chi connectivity index (χ3v) is 12.0. The van der Waals surface area contributed by atoms with Crippen LogP contribution in [0.5, 0.6) is 0 Å². The number of rotatable bonds is 7. The van der Waals surface area contributed by atoms with Crippen molar-refractivity contribution in [1.82, 2.24) is 0 Å². The van der Waals surface area contributed by atoms with Crippen LogP contribution >= 0.6 is 0 Å². The van der Waals surface area contributed by atoms with Crippen LogP contribution in [0.15, 0.2) is 217 Å². The Bertz CT molecular complexity index is 3130. The van der Waals surface area contributed by atoms with E-state index in [2.05, 4.69) is 217 Å². The molecular weight excluding hydrogens is 701 g/mol. The van der Waals surface area contributed by atoms with Crippen LogP contribution in [0.4, 0.5) is 22.7 Å². The maximum Gasteiger partial charge on any atom is 0.0675 e. The second kappa shape index (κ2) is 14.3. The van der Waals surface area contributed by atoms with Crippen molar-refractivity contribution in [2.24, 2.45) is 4.99 Å². The molecule has 2 heteroatoms. The second-order valence-electron chi connectivity index (χ2n) is 15.5. The van der Waals surface area contributed by atoms with Crippen LogP contribution in [0.1, 0.15) is 29.0 Å². The fraction of sp³-hybridized carbons (Fsp3) is 0.0536. The quantitative estimate of drug-likeness (QED) is 0.159. The molecule has 274 valence electrons. The highest BCUT2D eigenvalue weighted by Crippen LogP contribution is 2.43. The van der Waals surface area contributed by atoms with Crippen LogP contribution in [0, 0.1) is 0 Å². The lowest BCUT2D eigenvalue weighted by molar-refractivity contribution is 0.852. The van der Waals surface area contributed by atoms with Gasteiger partial charge in [-0.15, -0.1) is 0 Å². The van der Waals surface area contributed by atoms with E-state index in [-0.39, 0.29) is 0 Å². The normalized spacial score (nSPS) is 14.6. The SMILES string of the molecule is C1=CCC(c2ccccc2N(c2ccc(-c3ccc4ccccc4c3)cc2)c2cccc(-c3ccc4ccc5c(c4c3)CC(c3ccc4ccccc4c3)=N5)c2)C=C1. The van der Waals surface area contributed by atoms with Crippen LogP contribution in [0.25, 0.3) is 54.6 Å². The van der Waals surface area contributed by atoms with Crippen molar-refractivity contribution in [1.29, 1.82) is 0 Å². The fourth-order valence-corrected chi connectivity index (χ4v) is 8.97. The van der Waals surface area contributed by atoms with E-state index in [1.54, 1.807) is 0 Å². The first-order valence-corrected chi connectivity index (χ1v) is 20.3. The zero-order valence-corrected chi connectivity index (χ0v) is 32.1. The van der Waals surface area contributed by atoms with E-state index in [9.17, 15) is 0 Å². The standard InChI is InChI=1S/C56H40N2/c1-2-13-41(14-3-1)51-19-8-9-20-56(51)58(49-30-27-40(28-31-49)46-24-21-38-11-4-6-15-43(38)33-46)50-18-10-17-45(35-50)47-25-23-42-29-32-54-53(52(42)36-47)37-55(57-54)48-26-22-39-12-5-7-16-44(39)34-48/h1-13,15-36,41H,14,37H2. The van der Waals surface area contributed by atoms with Crippen LogP contribution in [-0.4, -0.2) is 5.71 Å². The summed E-state index contributed by atoms with van der Waals surface area (Å²) in [5.41, 5.74) is 14.2. The summed E-state index contributed by atoms with van der Waals surface area (Å²) in [6.07, 6.45) is 10.7. The van der Waals surface area contributed by atoms with Gasteiger partial charge in [0, 0.05) is 29.4 Å². The first-order valence-electron chi connectivity index (χ1n) is 20.3. The van der Waals surface area contributed by atoms with Gasteiger partial charge in [-0.25, -0.2) is 0 Å². The predicted molar refractivity (Wildman–Crippen MR) is 246 cm³/mol. The molecule has 0 aromatic heterocycles. The molecule has 1 unspecified atom stereocenters. The number of aliphatic imine (C=N–C) groups is 1. The molecule has 0 spiro atoms. The monoisotopic (exact) mass is 740 g/mol. The van der Waals surface area contributed by atoms with E-state index in [1.807, 2.05) is 0 Å². The highest BCUT2D eigenvalue weighted by atomic mass is 15.1. The summed E-state index contributed by atoms with van der Waals surface area (Å²) in [5.74, 6) is 0.299. The van der Waals surface area contributed by atoms with Crippen LogP contribution in [0.3, 0.4) is 0 Å². The molecule has 11 rings (SSSR count). The smallest absolute Gasteiger partial charge is 0.0675 e. The predicted octanol–water partition coefficient (Wildman–Crippen LogP) is 15.2. The van der Waals surface area contributed by atoms with Gasteiger partial charge < -0.3 is 4.90 Å². The molecule has 0 bridgehead atoms. The first kappa shape index (κ1) is 34.0. The third-order valence-electron chi connectivity index (χ3n) is 12.0. The summed E-state index contributed by atoms with van der Waals surface area (Å²) < 4.78 is 0. The minimum atomic E-state index is 0.299. The molecule has 9 aromatic carbocycles. The van der Waals surface area contributed by atoms with Gasteiger partial charge in [0.2, 0.25) is 0 Å². The Morgan fingerprint density at radius 3 is 1.86 bits per heavy atom. The van der Waals surface area contributed by atoms with Crippen molar-refractivity contribution in [2.75, 3.05) is 4.90 Å². The first-order chi connectivity index (χ1) is 28.7. The van der Waals surface area contributed by atoms with Crippen molar-refractivity contribution in [3.8, 4) is 22.3 Å². The largest absolute Gasteiger partial charge is 0.310 e. The Balaban J connectivity index is 0.978. The topological polar surface area (TPSA) is 15.6 Å². The lowest BCUT2D eigenvalue weighted by atomic mass is 9.90. The van der Waals surface area contributed by atoms with E-state index < -0.39 is 0 Å². The van der Waals surface area contributed by atoms with Gasteiger partial charge in [-0.3, -0.25) is 4.99 Å². The number of benzene rings is 9. The highest BCUT2D eigenvalue weighted by Gasteiger charge is 2.22. The molecule has 2 nitrogen and oxygen atoms in total. The van der Waals surface area contributed by atoms with E-state index >= 15 is 0 Å². The van der Waals surface area contributed by atoms with Gasteiger partial charge >= 0.3 is 0 Å². The van der Waals surface area contributed by atoms with Crippen LogP contribution in [0.2, 0.25) is 0 Å². The van der Waals surface area contributed by atoms with E-state index in [0.717, 1.165) is 35.6 Å². The maximum absolute atomic E-state index is 5.17. The number of hydrogen-bond donors (Lipinski definition) is 0. The average molecular weight is 741 g/mol. The Morgan fingerprint density at radius 2 is 1.09 bits per heavy atom. The molecular formula is C56H40N2. The van der Waals surface area contributed by atoms with E-state index in [1.165, 1.54) is 76.9 Å². The number of anilines is 3. The number of fused-ring (bicyclic) bond motifs is 5. The van der Waals surface area contributed by atoms with Crippen molar-refractivity contribution >= 4 is 60.8 Å². The van der Waals surface area contributed by atoms with Gasteiger partial charge in [0.15, 0.2) is 0 Å². The lowest BCUT2D eigenvalue weighted by Crippen LogP contribution is -2.13. The summed E-state index contributed by atoms with van der Waals surface area (Å²) in [5, 5.41) is 7.52. The van der Waals surface area contributed by atoms with Gasteiger partial charge in [-0.05, 0) is 132 Å². The fourth-order valence-electron chi connectivity index (χ4n) is 8.97. The molecule has 0 N–H and O–H groups in total. The Hall–Kier alpha value is -7.29. The van der Waals surface area contributed by atoms with Crippen LogP contribution < -0.4 is 4.90 Å². The molecule has 0 fully saturated rings. The zero-order chi connectivity index (χ0) is 38.4. The number of nitrogens with zero attached hydrogens (tertiary/aromatic N) is 2. The minimum Gasteiger partial charge on any atom is -0.310 e. The van der Waals surface area contributed by atoms with Crippen molar-refractivity contribution < 1.29 is 0 Å². The molecule has 1 heterocycles. The third kappa shape index (κ3) is 6.20. The highest BCUT2D eigenvalue weighted by molar-refractivity contribution is 6.11. The molecule has 58 heavy (non-hydrogen) atoms. The van der Waals surface area contributed by atoms with E-state index in [0.29, 0.717) is 5.92 Å². The molecule has 1 aliphatic heterocycles. The van der Waals surface area contributed by atoms with Gasteiger partial charge in [-0.2, -0.15) is 0 Å². The summed E-state index contributed by atoms with van der Waals surface area (Å²) in [6, 6.07) is 68.9. The average Bonchev–Trinajstić information content (AvgIpc) is 3.75. The van der Waals surface area contributed by atoms with Gasteiger partial charge in [0.1, 0.15) is 0 Å². The molecule has 0 radical (unpaired) electrons. The van der Waals surface area contributed by atoms with Crippen molar-refractivity contribution in [2.45, 2.75) is 18.8 Å². The van der Waals surface area contributed by atoms with Gasteiger partial charge in [0.05, 0.1) is 11.4 Å². The summed E-state index contributed by atoms with van der Waals surface area (Å²) in [7, 11) is 0. The Kier molecular flexibility index (Phi) is 8.40. The molecule has 0 saturated carbocycles. The van der Waals surface area contributed by atoms with Crippen LogP contribution in [-0.2, 0) is 6.42 Å². The maximum atomic E-state index is 5.17. The molecule has 1 aliphatic carbocycles. The number of para-hydroxylation sites is 1. The van der Waals surface area contributed by atoms with Gasteiger partial charge in [0.25, 0.3) is 0 Å². The Morgan fingerprint density at radius 1 is 0.448 bits per heavy atom. The lowest BCUT2D eigenvalue weighted by Gasteiger charge is -2.30. The van der Waals surface area contributed by atoms with Crippen molar-refractivity contribution in [3.05, 3.63) is 229 Å². The van der Waals surface area contributed by atoms with Gasteiger partial charge in [-0.1, -0.05) is 158 Å². The van der Waals surface area contributed by atoms with E-state index in [4.69, 9.17) is 4.99 Å². The minimum absolute atomic E-state index is 0.299. The summed E-state index contributed by atoms with van der Waals surface area (Å²) in [6.45, 7) is 0. The Labute approximate surface area is 339 Å². The number of allylic oxidation sites excluding steroid dienone is 4. The molecule has 0 saturated heterocycles.